The van der Waals surface area contributed by atoms with E-state index < -0.39 is 0 Å². The Balaban J connectivity index is 1.91. The Morgan fingerprint density at radius 2 is 2.50 bits per heavy atom. The normalized spacial score (nSPS) is 38.0. The molecule has 0 radical (unpaired) electrons. The molecule has 2 unspecified atom stereocenters. The third kappa shape index (κ3) is 0.754. The molecule has 0 aromatic heterocycles. The molecule has 0 saturated carbocycles. The molecule has 3 aliphatic rings. The number of aliphatic imine (C=N–C) groups is 1. The number of nitrogens with zero attached hydrogens (tertiary/aromatic N) is 2. The first-order valence-corrected chi connectivity index (χ1v) is 4.19. The second-order valence-corrected chi connectivity index (χ2v) is 3.25. The molecule has 5 heteroatoms. The Labute approximate surface area is 70.5 Å². The van der Waals surface area contributed by atoms with Crippen molar-refractivity contribution in [2.24, 2.45) is 4.99 Å². The highest BCUT2D eigenvalue weighted by molar-refractivity contribution is 5.73. The lowest BCUT2D eigenvalue weighted by molar-refractivity contribution is 0.194. The van der Waals surface area contributed by atoms with Crippen molar-refractivity contribution >= 4 is 6.21 Å². The molecule has 0 aromatic rings. The summed E-state index contributed by atoms with van der Waals surface area (Å²) >= 11 is 0. The fraction of sp³-hybridized carbons (Fsp3) is 0.571. The van der Waals surface area contributed by atoms with Crippen LogP contribution in [0.2, 0.25) is 0 Å². The first-order chi connectivity index (χ1) is 5.95. The average Bonchev–Trinajstić information content (AvgIpc) is 2.71. The number of hydrazine groups is 2. The Bertz CT molecular complexity index is 259. The first kappa shape index (κ1) is 6.59. The predicted molar refractivity (Wildman–Crippen MR) is 45.1 cm³/mol. The lowest BCUT2D eigenvalue weighted by Gasteiger charge is -2.34. The first-order valence-electron chi connectivity index (χ1n) is 4.19. The van der Waals surface area contributed by atoms with Gasteiger partial charge in [-0.3, -0.25) is 10.0 Å². The van der Waals surface area contributed by atoms with Gasteiger partial charge in [0.15, 0.2) is 0 Å². The molecular weight excluding hydrogens is 154 g/mol. The summed E-state index contributed by atoms with van der Waals surface area (Å²) in [6, 6.07) is 0.836. The van der Waals surface area contributed by atoms with E-state index in [2.05, 4.69) is 26.3 Å². The Hall–Kier alpha value is -0.910. The van der Waals surface area contributed by atoms with Crippen LogP contribution >= 0.6 is 0 Å². The molecule has 2 saturated heterocycles. The smallest absolute Gasteiger partial charge is 0.0862 e. The van der Waals surface area contributed by atoms with Gasteiger partial charge in [-0.2, -0.15) is 5.53 Å². The van der Waals surface area contributed by atoms with E-state index in [9.17, 15) is 0 Å². The zero-order chi connectivity index (χ0) is 7.97. The monoisotopic (exact) mass is 165 g/mol. The van der Waals surface area contributed by atoms with Crippen LogP contribution in [0, 0.1) is 0 Å². The van der Waals surface area contributed by atoms with Gasteiger partial charge in [-0.25, -0.2) is 5.43 Å². The molecule has 0 aromatic carbocycles. The topological polar surface area (TPSA) is 51.7 Å². The highest BCUT2D eigenvalue weighted by Gasteiger charge is 2.35. The maximum absolute atomic E-state index is 4.13. The fourth-order valence-corrected chi connectivity index (χ4v) is 1.86. The number of hydrogen-bond acceptors (Lipinski definition) is 5. The van der Waals surface area contributed by atoms with E-state index in [1.165, 1.54) is 5.70 Å². The summed E-state index contributed by atoms with van der Waals surface area (Å²) in [5, 5.41) is 5.57. The molecule has 3 aliphatic heterocycles. The van der Waals surface area contributed by atoms with Crippen molar-refractivity contribution in [3.63, 3.8) is 0 Å². The Morgan fingerprint density at radius 3 is 3.50 bits per heavy atom. The molecule has 0 amide bonds. The van der Waals surface area contributed by atoms with E-state index >= 15 is 0 Å². The summed E-state index contributed by atoms with van der Waals surface area (Å²) in [7, 11) is 0. The standard InChI is InChI=1S/C7H11N5/c1-5-2-10-11-12(5)7-4-8-3-6(7)9-1/h3-6,9-11H,1-2H2. The molecule has 64 valence electrons. The Morgan fingerprint density at radius 1 is 1.50 bits per heavy atom. The van der Waals surface area contributed by atoms with Gasteiger partial charge in [-0.1, -0.05) is 0 Å². The van der Waals surface area contributed by atoms with Crippen molar-refractivity contribution in [3.8, 4) is 0 Å². The van der Waals surface area contributed by atoms with Gasteiger partial charge >= 0.3 is 0 Å². The molecule has 3 N–H and O–H groups in total. The molecule has 0 spiro atoms. The third-order valence-electron chi connectivity index (χ3n) is 2.51. The van der Waals surface area contributed by atoms with Gasteiger partial charge in [0, 0.05) is 25.5 Å². The maximum Gasteiger partial charge on any atom is 0.0862 e. The second kappa shape index (κ2) is 2.29. The van der Waals surface area contributed by atoms with E-state index in [0.717, 1.165) is 13.1 Å². The third-order valence-corrected chi connectivity index (χ3v) is 2.51. The van der Waals surface area contributed by atoms with E-state index in [1.807, 2.05) is 12.4 Å². The largest absolute Gasteiger partial charge is 0.302 e. The lowest BCUT2D eigenvalue weighted by Crippen LogP contribution is -2.55. The van der Waals surface area contributed by atoms with E-state index in [1.54, 1.807) is 0 Å². The van der Waals surface area contributed by atoms with E-state index in [0.29, 0.717) is 12.1 Å². The van der Waals surface area contributed by atoms with Crippen molar-refractivity contribution < 1.29 is 0 Å². The number of rotatable bonds is 0. The molecule has 3 rings (SSSR count). The molecular formula is C7H11N5. The van der Waals surface area contributed by atoms with E-state index in [-0.39, 0.29) is 0 Å². The Kier molecular flexibility index (Phi) is 1.26. The highest BCUT2D eigenvalue weighted by Crippen LogP contribution is 2.20. The SMILES string of the molecule is C1=NC=C2C1NCC1CNNN21. The van der Waals surface area contributed by atoms with Gasteiger partial charge in [0.25, 0.3) is 0 Å². The molecule has 2 fully saturated rings. The van der Waals surface area contributed by atoms with Gasteiger partial charge in [0.05, 0.1) is 17.8 Å². The van der Waals surface area contributed by atoms with E-state index in [4.69, 9.17) is 0 Å². The fourth-order valence-electron chi connectivity index (χ4n) is 1.86. The number of nitrogens with one attached hydrogen (secondary N) is 3. The van der Waals surface area contributed by atoms with Gasteiger partial charge in [0.1, 0.15) is 0 Å². The molecule has 12 heavy (non-hydrogen) atoms. The maximum atomic E-state index is 4.13. The number of piperazine rings is 1. The van der Waals surface area contributed by atoms with Crippen LogP contribution in [0.4, 0.5) is 0 Å². The predicted octanol–water partition coefficient (Wildman–Crippen LogP) is -1.42. The van der Waals surface area contributed by atoms with Crippen LogP contribution in [0.15, 0.2) is 16.9 Å². The van der Waals surface area contributed by atoms with Crippen molar-refractivity contribution in [2.45, 2.75) is 12.1 Å². The summed E-state index contributed by atoms with van der Waals surface area (Å²) in [5.74, 6) is 0. The minimum Gasteiger partial charge on any atom is -0.302 e. The van der Waals surface area contributed by atoms with Crippen LogP contribution in [0.5, 0.6) is 0 Å². The van der Waals surface area contributed by atoms with Crippen molar-refractivity contribution in [3.05, 3.63) is 11.9 Å². The zero-order valence-electron chi connectivity index (χ0n) is 6.62. The van der Waals surface area contributed by atoms with Gasteiger partial charge < -0.3 is 5.32 Å². The van der Waals surface area contributed by atoms with Crippen LogP contribution < -0.4 is 16.3 Å². The van der Waals surface area contributed by atoms with Crippen LogP contribution in [0.25, 0.3) is 0 Å². The van der Waals surface area contributed by atoms with Gasteiger partial charge in [0.2, 0.25) is 0 Å². The van der Waals surface area contributed by atoms with Crippen LogP contribution in [-0.4, -0.2) is 36.4 Å². The molecule has 5 nitrogen and oxygen atoms in total. The molecule has 0 bridgehead atoms. The van der Waals surface area contributed by atoms with Crippen molar-refractivity contribution in [1.29, 1.82) is 0 Å². The molecule has 3 heterocycles. The van der Waals surface area contributed by atoms with Crippen LogP contribution in [-0.2, 0) is 0 Å². The van der Waals surface area contributed by atoms with Crippen LogP contribution in [0.1, 0.15) is 0 Å². The molecule has 2 atom stereocenters. The van der Waals surface area contributed by atoms with Crippen LogP contribution in [0.3, 0.4) is 0 Å². The lowest BCUT2D eigenvalue weighted by atomic mass is 10.1. The van der Waals surface area contributed by atoms with Gasteiger partial charge in [-0.15, -0.1) is 0 Å². The minimum absolute atomic E-state index is 0.314. The van der Waals surface area contributed by atoms with Crippen molar-refractivity contribution in [2.75, 3.05) is 13.1 Å². The zero-order valence-corrected chi connectivity index (χ0v) is 6.62. The summed E-state index contributed by atoms with van der Waals surface area (Å²) in [4.78, 5) is 4.13. The quantitative estimate of drug-likeness (QED) is 0.412. The number of fused-ring (bicyclic) bond motifs is 3. The highest BCUT2D eigenvalue weighted by atomic mass is 15.7. The number of hydrogen-bond donors (Lipinski definition) is 3. The van der Waals surface area contributed by atoms with Gasteiger partial charge in [-0.05, 0) is 0 Å². The second-order valence-electron chi connectivity index (χ2n) is 3.25. The summed E-state index contributed by atoms with van der Waals surface area (Å²) < 4.78 is 0. The summed E-state index contributed by atoms with van der Waals surface area (Å²) in [6.45, 7) is 1.99. The summed E-state index contributed by atoms with van der Waals surface area (Å²) in [6.07, 6.45) is 3.84. The molecule has 0 aliphatic carbocycles. The average molecular weight is 165 g/mol. The van der Waals surface area contributed by atoms with Crippen molar-refractivity contribution in [1.82, 2.24) is 21.3 Å². The summed E-state index contributed by atoms with van der Waals surface area (Å²) in [5.41, 5.74) is 7.46. The minimum atomic E-state index is 0.314.